The lowest BCUT2D eigenvalue weighted by molar-refractivity contribution is 0.155. The van der Waals surface area contributed by atoms with E-state index in [1.807, 2.05) is 12.1 Å². The van der Waals surface area contributed by atoms with Crippen molar-refractivity contribution >= 4 is 0 Å². The van der Waals surface area contributed by atoms with Gasteiger partial charge in [-0.1, -0.05) is 31.1 Å². The van der Waals surface area contributed by atoms with Gasteiger partial charge in [0.05, 0.1) is 6.10 Å². The summed E-state index contributed by atoms with van der Waals surface area (Å²) in [6.45, 7) is 4.66. The molecular weight excluding hydrogens is 272 g/mol. The highest BCUT2D eigenvalue weighted by Crippen LogP contribution is 2.60. The Morgan fingerprint density at radius 1 is 1.18 bits per heavy atom. The average Bonchev–Trinajstić information content (AvgIpc) is 2.80. The van der Waals surface area contributed by atoms with E-state index in [1.54, 1.807) is 11.1 Å². The van der Waals surface area contributed by atoms with E-state index >= 15 is 0 Å². The number of benzene rings is 1. The van der Waals surface area contributed by atoms with Crippen LogP contribution >= 0.6 is 0 Å². The molecule has 1 aromatic rings. The molecule has 0 aromatic heterocycles. The molecule has 0 radical (unpaired) electrons. The van der Waals surface area contributed by atoms with Gasteiger partial charge >= 0.3 is 0 Å². The third-order valence-electron chi connectivity index (χ3n) is 6.75. The van der Waals surface area contributed by atoms with Crippen LogP contribution < -0.4 is 0 Å². The van der Waals surface area contributed by atoms with Crippen LogP contribution in [-0.2, 0) is 11.8 Å². The fraction of sp³-hybridized carbons (Fsp3) is 0.600. The SMILES string of the molecule is CC[C@@]12CC[C@]3(C)C[C@H](O)CC3=C1CCc1cc(O)ccc12. The number of allylic oxidation sites excluding steroid dienone is 1. The fourth-order valence-corrected chi connectivity index (χ4v) is 5.65. The summed E-state index contributed by atoms with van der Waals surface area (Å²) < 4.78 is 0. The second kappa shape index (κ2) is 4.61. The van der Waals surface area contributed by atoms with Crippen molar-refractivity contribution in [3.63, 3.8) is 0 Å². The van der Waals surface area contributed by atoms with Crippen LogP contribution in [0.2, 0.25) is 0 Å². The number of aryl methyl sites for hydroxylation is 1. The third kappa shape index (κ3) is 1.76. The number of aliphatic hydroxyl groups excluding tert-OH is 1. The van der Waals surface area contributed by atoms with Crippen molar-refractivity contribution < 1.29 is 10.2 Å². The first-order valence-electron chi connectivity index (χ1n) is 8.72. The van der Waals surface area contributed by atoms with Crippen LogP contribution in [0.5, 0.6) is 5.75 Å². The summed E-state index contributed by atoms with van der Waals surface area (Å²) in [5.41, 5.74) is 6.32. The standard InChI is InChI=1S/C20H26O2/c1-3-20-9-8-19(2)12-15(22)11-18(19)17(20)6-4-13-10-14(21)5-7-16(13)20/h5,7,10,15,21-22H,3-4,6,8-9,11-12H2,1-2H3/t15-,19-,20+/m1/s1. The molecule has 2 N–H and O–H groups in total. The Morgan fingerprint density at radius 2 is 2.00 bits per heavy atom. The van der Waals surface area contributed by atoms with Gasteiger partial charge in [-0.3, -0.25) is 0 Å². The zero-order valence-electron chi connectivity index (χ0n) is 13.7. The van der Waals surface area contributed by atoms with Gasteiger partial charge in [0.1, 0.15) is 5.75 Å². The van der Waals surface area contributed by atoms with Gasteiger partial charge in [0.2, 0.25) is 0 Å². The van der Waals surface area contributed by atoms with Crippen LogP contribution in [0, 0.1) is 5.41 Å². The lowest BCUT2D eigenvalue weighted by Crippen LogP contribution is -2.40. The zero-order chi connectivity index (χ0) is 15.5. The van der Waals surface area contributed by atoms with Gasteiger partial charge in [-0.25, -0.2) is 0 Å². The summed E-state index contributed by atoms with van der Waals surface area (Å²) in [5.74, 6) is 0.387. The first kappa shape index (κ1) is 14.3. The highest BCUT2D eigenvalue weighted by Gasteiger charge is 2.51. The Bertz CT molecular complexity index is 660. The molecule has 118 valence electrons. The average molecular weight is 298 g/mol. The smallest absolute Gasteiger partial charge is 0.115 e. The molecule has 0 unspecified atom stereocenters. The minimum absolute atomic E-state index is 0.152. The number of phenolic OH excluding ortho intramolecular Hbond substituents is 1. The van der Waals surface area contributed by atoms with Crippen molar-refractivity contribution in [3.8, 4) is 5.75 Å². The van der Waals surface area contributed by atoms with Crippen LogP contribution in [0.25, 0.3) is 0 Å². The maximum atomic E-state index is 10.2. The van der Waals surface area contributed by atoms with Gasteiger partial charge in [0.15, 0.2) is 0 Å². The van der Waals surface area contributed by atoms with E-state index in [9.17, 15) is 10.2 Å². The van der Waals surface area contributed by atoms with E-state index in [-0.39, 0.29) is 16.9 Å². The lowest BCUT2D eigenvalue weighted by atomic mass is 9.55. The van der Waals surface area contributed by atoms with Crippen molar-refractivity contribution in [2.75, 3.05) is 0 Å². The van der Waals surface area contributed by atoms with Gasteiger partial charge in [0, 0.05) is 5.41 Å². The highest BCUT2D eigenvalue weighted by molar-refractivity contribution is 5.52. The molecule has 3 aliphatic rings. The highest BCUT2D eigenvalue weighted by atomic mass is 16.3. The predicted molar refractivity (Wildman–Crippen MR) is 88.0 cm³/mol. The van der Waals surface area contributed by atoms with E-state index in [4.69, 9.17) is 0 Å². The molecule has 2 heteroatoms. The van der Waals surface area contributed by atoms with Crippen molar-refractivity contribution in [1.29, 1.82) is 0 Å². The minimum atomic E-state index is -0.152. The lowest BCUT2D eigenvalue weighted by Gasteiger charge is -2.49. The van der Waals surface area contributed by atoms with Gasteiger partial charge in [0.25, 0.3) is 0 Å². The van der Waals surface area contributed by atoms with Crippen LogP contribution in [-0.4, -0.2) is 16.3 Å². The molecule has 0 heterocycles. The number of aromatic hydroxyl groups is 1. The molecule has 0 aliphatic heterocycles. The summed E-state index contributed by atoms with van der Waals surface area (Å²) in [6.07, 6.45) is 7.27. The monoisotopic (exact) mass is 298 g/mol. The largest absolute Gasteiger partial charge is 0.508 e. The van der Waals surface area contributed by atoms with Crippen LogP contribution in [0.4, 0.5) is 0 Å². The number of hydrogen-bond donors (Lipinski definition) is 2. The van der Waals surface area contributed by atoms with Crippen molar-refractivity contribution in [2.24, 2.45) is 5.41 Å². The topological polar surface area (TPSA) is 40.5 Å². The first-order chi connectivity index (χ1) is 10.5. The van der Waals surface area contributed by atoms with E-state index < -0.39 is 0 Å². The molecule has 1 aromatic carbocycles. The Kier molecular flexibility index (Phi) is 3.00. The second-order valence-corrected chi connectivity index (χ2v) is 7.86. The van der Waals surface area contributed by atoms with Crippen molar-refractivity contribution in [2.45, 2.75) is 70.3 Å². The normalized spacial score (nSPS) is 36.8. The first-order valence-corrected chi connectivity index (χ1v) is 8.72. The Labute approximate surface area is 132 Å². The Balaban J connectivity index is 1.93. The molecule has 0 bridgehead atoms. The van der Waals surface area contributed by atoms with E-state index in [2.05, 4.69) is 19.9 Å². The summed E-state index contributed by atoms with van der Waals surface area (Å²) in [4.78, 5) is 0. The van der Waals surface area contributed by atoms with E-state index in [1.165, 1.54) is 24.0 Å². The van der Waals surface area contributed by atoms with Gasteiger partial charge < -0.3 is 10.2 Å². The Hall–Kier alpha value is -1.28. The fourth-order valence-electron chi connectivity index (χ4n) is 5.65. The quantitative estimate of drug-likeness (QED) is 0.761. The maximum Gasteiger partial charge on any atom is 0.115 e. The number of aliphatic hydroxyl groups is 1. The van der Waals surface area contributed by atoms with Crippen LogP contribution in [0.3, 0.4) is 0 Å². The van der Waals surface area contributed by atoms with Gasteiger partial charge in [-0.05, 0) is 73.6 Å². The van der Waals surface area contributed by atoms with Gasteiger partial charge in [-0.2, -0.15) is 0 Å². The number of hydrogen-bond acceptors (Lipinski definition) is 2. The van der Waals surface area contributed by atoms with Gasteiger partial charge in [-0.15, -0.1) is 0 Å². The zero-order valence-corrected chi connectivity index (χ0v) is 13.7. The second-order valence-electron chi connectivity index (χ2n) is 7.86. The Morgan fingerprint density at radius 3 is 2.77 bits per heavy atom. The summed E-state index contributed by atoms with van der Waals surface area (Å²) in [6, 6.07) is 5.97. The van der Waals surface area contributed by atoms with Crippen LogP contribution in [0.15, 0.2) is 29.3 Å². The summed E-state index contributed by atoms with van der Waals surface area (Å²) in [7, 11) is 0. The molecule has 0 spiro atoms. The van der Waals surface area contributed by atoms with Crippen LogP contribution in [0.1, 0.15) is 63.5 Å². The van der Waals surface area contributed by atoms with E-state index in [0.29, 0.717) is 5.75 Å². The molecule has 2 nitrogen and oxygen atoms in total. The molecule has 22 heavy (non-hydrogen) atoms. The molecule has 0 amide bonds. The van der Waals surface area contributed by atoms with Crippen molar-refractivity contribution in [1.82, 2.24) is 0 Å². The predicted octanol–water partition coefficient (Wildman–Crippen LogP) is 4.24. The number of rotatable bonds is 1. The minimum Gasteiger partial charge on any atom is -0.508 e. The molecule has 3 atom stereocenters. The third-order valence-corrected chi connectivity index (χ3v) is 6.75. The molecule has 3 aliphatic carbocycles. The maximum absolute atomic E-state index is 10.2. The van der Waals surface area contributed by atoms with Crippen molar-refractivity contribution in [3.05, 3.63) is 40.5 Å². The number of fused-ring (bicyclic) bond motifs is 4. The summed E-state index contributed by atoms with van der Waals surface area (Å²) in [5, 5.41) is 20.1. The molecule has 4 rings (SSSR count). The molecule has 1 fully saturated rings. The molecule has 1 saturated carbocycles. The number of phenols is 1. The molecular formula is C20H26O2. The van der Waals surface area contributed by atoms with E-state index in [0.717, 1.165) is 32.1 Å². The summed E-state index contributed by atoms with van der Waals surface area (Å²) >= 11 is 0. The molecule has 0 saturated heterocycles.